The Morgan fingerprint density at radius 1 is 1.33 bits per heavy atom. The summed E-state index contributed by atoms with van der Waals surface area (Å²) < 4.78 is 18.1. The lowest BCUT2D eigenvalue weighted by molar-refractivity contribution is 0.399. The Morgan fingerprint density at radius 3 is 2.78 bits per heavy atom. The highest BCUT2D eigenvalue weighted by molar-refractivity contribution is 5.72. The summed E-state index contributed by atoms with van der Waals surface area (Å²) in [4.78, 5) is 7.89. The molecule has 18 heavy (non-hydrogen) atoms. The lowest BCUT2D eigenvalue weighted by Crippen LogP contribution is -2.03. The van der Waals surface area contributed by atoms with Gasteiger partial charge in [-0.25, -0.2) is 9.37 Å². The molecule has 1 aromatic carbocycles. The molecule has 5 nitrogen and oxygen atoms in total. The summed E-state index contributed by atoms with van der Waals surface area (Å²) in [6.45, 7) is 1.68. The SMILES string of the molecule is COc1ncnc(Nc2ccc(F)c(C)c2)c1N. The van der Waals surface area contributed by atoms with Crippen LogP contribution in [-0.4, -0.2) is 17.1 Å². The van der Waals surface area contributed by atoms with Gasteiger partial charge in [-0.2, -0.15) is 4.98 Å². The van der Waals surface area contributed by atoms with Crippen molar-refractivity contribution in [3.05, 3.63) is 35.9 Å². The number of rotatable bonds is 3. The van der Waals surface area contributed by atoms with Crippen LogP contribution >= 0.6 is 0 Å². The highest BCUT2D eigenvalue weighted by Gasteiger charge is 2.08. The van der Waals surface area contributed by atoms with Gasteiger partial charge in [0.1, 0.15) is 17.8 Å². The van der Waals surface area contributed by atoms with Crippen molar-refractivity contribution < 1.29 is 9.13 Å². The lowest BCUT2D eigenvalue weighted by Gasteiger charge is -2.10. The Labute approximate surface area is 104 Å². The molecule has 0 amide bonds. The van der Waals surface area contributed by atoms with Gasteiger partial charge in [0.05, 0.1) is 7.11 Å². The molecular weight excluding hydrogens is 235 g/mol. The van der Waals surface area contributed by atoms with Crippen LogP contribution in [-0.2, 0) is 0 Å². The first-order chi connectivity index (χ1) is 8.61. The fraction of sp³-hybridized carbons (Fsp3) is 0.167. The summed E-state index contributed by atoms with van der Waals surface area (Å²) in [5.41, 5.74) is 7.37. The van der Waals surface area contributed by atoms with Crippen molar-refractivity contribution in [2.75, 3.05) is 18.2 Å². The molecule has 0 radical (unpaired) electrons. The van der Waals surface area contributed by atoms with E-state index in [1.807, 2.05) is 0 Å². The second-order valence-corrected chi connectivity index (χ2v) is 3.73. The summed E-state index contributed by atoms with van der Waals surface area (Å²) in [5, 5.41) is 2.99. The van der Waals surface area contributed by atoms with Gasteiger partial charge in [-0.1, -0.05) is 0 Å². The molecule has 0 saturated heterocycles. The summed E-state index contributed by atoms with van der Waals surface area (Å²) in [6.07, 6.45) is 1.34. The fourth-order valence-electron chi connectivity index (χ4n) is 1.50. The molecule has 0 fully saturated rings. The van der Waals surface area contributed by atoms with Gasteiger partial charge < -0.3 is 15.8 Å². The number of halogens is 1. The first-order valence-electron chi connectivity index (χ1n) is 5.29. The van der Waals surface area contributed by atoms with E-state index >= 15 is 0 Å². The predicted molar refractivity (Wildman–Crippen MR) is 67.4 cm³/mol. The van der Waals surface area contributed by atoms with E-state index in [1.54, 1.807) is 19.1 Å². The second kappa shape index (κ2) is 4.87. The number of hydrogen-bond acceptors (Lipinski definition) is 5. The van der Waals surface area contributed by atoms with Crippen molar-refractivity contribution >= 4 is 17.2 Å². The largest absolute Gasteiger partial charge is 0.479 e. The van der Waals surface area contributed by atoms with Gasteiger partial charge in [0.15, 0.2) is 5.82 Å². The van der Waals surface area contributed by atoms with Crippen LogP contribution in [0.25, 0.3) is 0 Å². The molecule has 3 N–H and O–H groups in total. The van der Waals surface area contributed by atoms with Gasteiger partial charge >= 0.3 is 0 Å². The molecule has 0 saturated carbocycles. The van der Waals surface area contributed by atoms with Crippen molar-refractivity contribution in [2.45, 2.75) is 6.92 Å². The number of benzene rings is 1. The molecule has 0 atom stereocenters. The molecule has 0 bridgehead atoms. The molecule has 0 aliphatic heterocycles. The number of nitrogens with one attached hydrogen (secondary N) is 1. The highest BCUT2D eigenvalue weighted by Crippen LogP contribution is 2.27. The van der Waals surface area contributed by atoms with Crippen LogP contribution in [0.15, 0.2) is 24.5 Å². The number of nitrogens with two attached hydrogens (primary N) is 1. The van der Waals surface area contributed by atoms with E-state index in [9.17, 15) is 4.39 Å². The zero-order valence-corrected chi connectivity index (χ0v) is 10.1. The van der Waals surface area contributed by atoms with E-state index in [0.717, 1.165) is 0 Å². The minimum Gasteiger partial charge on any atom is -0.479 e. The van der Waals surface area contributed by atoms with E-state index in [0.29, 0.717) is 28.6 Å². The first-order valence-corrected chi connectivity index (χ1v) is 5.29. The van der Waals surface area contributed by atoms with Crippen molar-refractivity contribution in [3.63, 3.8) is 0 Å². The molecule has 94 valence electrons. The van der Waals surface area contributed by atoms with Crippen LogP contribution in [0.2, 0.25) is 0 Å². The number of nitrogen functional groups attached to an aromatic ring is 1. The van der Waals surface area contributed by atoms with Gasteiger partial charge in [-0.05, 0) is 30.7 Å². The highest BCUT2D eigenvalue weighted by atomic mass is 19.1. The van der Waals surface area contributed by atoms with Crippen molar-refractivity contribution in [1.82, 2.24) is 9.97 Å². The first kappa shape index (κ1) is 12.1. The summed E-state index contributed by atoms with van der Waals surface area (Å²) in [7, 11) is 1.48. The zero-order chi connectivity index (χ0) is 13.1. The maximum atomic E-state index is 13.1. The van der Waals surface area contributed by atoms with Crippen LogP contribution in [0.5, 0.6) is 5.88 Å². The van der Waals surface area contributed by atoms with Crippen molar-refractivity contribution in [2.24, 2.45) is 0 Å². The summed E-state index contributed by atoms with van der Waals surface area (Å²) in [6, 6.07) is 4.66. The molecule has 2 rings (SSSR count). The standard InChI is InChI=1S/C12H13FN4O/c1-7-5-8(3-4-9(7)13)17-11-10(14)12(18-2)16-6-15-11/h3-6H,14H2,1-2H3,(H,15,16,17). The van der Waals surface area contributed by atoms with Crippen LogP contribution in [0, 0.1) is 12.7 Å². The normalized spacial score (nSPS) is 10.2. The maximum absolute atomic E-state index is 13.1. The minimum absolute atomic E-state index is 0.256. The zero-order valence-electron chi connectivity index (χ0n) is 10.1. The molecule has 2 aromatic rings. The van der Waals surface area contributed by atoms with Crippen LogP contribution in [0.1, 0.15) is 5.56 Å². The smallest absolute Gasteiger partial charge is 0.242 e. The summed E-state index contributed by atoms with van der Waals surface area (Å²) >= 11 is 0. The molecule has 0 unspecified atom stereocenters. The Hall–Kier alpha value is -2.37. The van der Waals surface area contributed by atoms with E-state index in [1.165, 1.54) is 19.5 Å². The number of nitrogens with zero attached hydrogens (tertiary/aromatic N) is 2. The topological polar surface area (TPSA) is 73.1 Å². The van der Waals surface area contributed by atoms with Gasteiger partial charge in [0, 0.05) is 5.69 Å². The average Bonchev–Trinajstić information content (AvgIpc) is 2.36. The lowest BCUT2D eigenvalue weighted by atomic mass is 10.2. The molecule has 0 aliphatic carbocycles. The molecule has 6 heteroatoms. The van der Waals surface area contributed by atoms with Crippen LogP contribution in [0.3, 0.4) is 0 Å². The Bertz CT molecular complexity index is 574. The number of methoxy groups -OCH3 is 1. The van der Waals surface area contributed by atoms with Gasteiger partial charge in [-0.15, -0.1) is 0 Å². The Balaban J connectivity index is 2.31. The van der Waals surface area contributed by atoms with E-state index in [4.69, 9.17) is 10.5 Å². The average molecular weight is 248 g/mol. The van der Waals surface area contributed by atoms with Crippen LogP contribution < -0.4 is 15.8 Å². The molecule has 0 aliphatic rings. The predicted octanol–water partition coefficient (Wildman–Crippen LogP) is 2.26. The minimum atomic E-state index is -0.256. The summed E-state index contributed by atoms with van der Waals surface area (Å²) in [5.74, 6) is 0.466. The molecule has 1 aromatic heterocycles. The van der Waals surface area contributed by atoms with E-state index < -0.39 is 0 Å². The Kier molecular flexibility index (Phi) is 3.27. The third-order valence-corrected chi connectivity index (χ3v) is 2.46. The van der Waals surface area contributed by atoms with E-state index in [-0.39, 0.29) is 5.82 Å². The van der Waals surface area contributed by atoms with E-state index in [2.05, 4.69) is 15.3 Å². The number of anilines is 3. The third kappa shape index (κ3) is 2.32. The molecule has 1 heterocycles. The Morgan fingerprint density at radius 2 is 2.11 bits per heavy atom. The third-order valence-electron chi connectivity index (χ3n) is 2.46. The number of aryl methyl sites for hydroxylation is 1. The van der Waals surface area contributed by atoms with Crippen molar-refractivity contribution in [1.29, 1.82) is 0 Å². The quantitative estimate of drug-likeness (QED) is 0.871. The van der Waals surface area contributed by atoms with Crippen molar-refractivity contribution in [3.8, 4) is 5.88 Å². The van der Waals surface area contributed by atoms with Gasteiger partial charge in [0.25, 0.3) is 0 Å². The number of hydrogen-bond donors (Lipinski definition) is 2. The molecular formula is C12H13FN4O. The second-order valence-electron chi connectivity index (χ2n) is 3.73. The number of aromatic nitrogens is 2. The maximum Gasteiger partial charge on any atom is 0.242 e. The number of ether oxygens (including phenoxy) is 1. The fourth-order valence-corrected chi connectivity index (χ4v) is 1.50. The monoisotopic (exact) mass is 248 g/mol. The van der Waals surface area contributed by atoms with Gasteiger partial charge in [-0.3, -0.25) is 0 Å². The van der Waals surface area contributed by atoms with Crippen LogP contribution in [0.4, 0.5) is 21.6 Å². The van der Waals surface area contributed by atoms with Gasteiger partial charge in [0.2, 0.25) is 5.88 Å². The molecule has 0 spiro atoms.